The van der Waals surface area contributed by atoms with Crippen molar-refractivity contribution in [3.8, 4) is 0 Å². The molecule has 0 rings (SSSR count). The van der Waals surface area contributed by atoms with Gasteiger partial charge >= 0.3 is 17.9 Å². The van der Waals surface area contributed by atoms with Crippen molar-refractivity contribution in [2.75, 3.05) is 13.2 Å². The second-order valence-electron chi connectivity index (χ2n) is 21.3. The van der Waals surface area contributed by atoms with Crippen molar-refractivity contribution in [2.45, 2.75) is 309 Å². The summed E-state index contributed by atoms with van der Waals surface area (Å²) in [6.07, 6.45) is 88.0. The molecule has 0 fully saturated rings. The monoisotopic (exact) mass is 1070 g/mol. The summed E-state index contributed by atoms with van der Waals surface area (Å²) in [5.74, 6) is -0.904. The van der Waals surface area contributed by atoms with Crippen molar-refractivity contribution in [1.82, 2.24) is 0 Å². The molecular formula is C71H120O6. The molecule has 77 heavy (non-hydrogen) atoms. The summed E-state index contributed by atoms with van der Waals surface area (Å²) in [6.45, 7) is 6.41. The average Bonchev–Trinajstić information content (AvgIpc) is 3.43. The van der Waals surface area contributed by atoms with Crippen LogP contribution in [0.3, 0.4) is 0 Å². The largest absolute Gasteiger partial charge is 0.462 e. The molecule has 0 saturated carbocycles. The van der Waals surface area contributed by atoms with Crippen LogP contribution in [0.25, 0.3) is 0 Å². The lowest BCUT2D eigenvalue weighted by molar-refractivity contribution is -0.167. The maximum absolute atomic E-state index is 12.9. The van der Waals surface area contributed by atoms with Crippen molar-refractivity contribution >= 4 is 17.9 Å². The standard InChI is InChI=1S/C71H120O6/c1-4-7-10-13-16-19-22-25-28-30-32-33-34-35-36-37-39-40-43-46-49-52-55-58-61-64-70(73)76-67-68(66-75-69(72)63-60-57-54-51-48-45-42-27-24-21-18-15-12-9-6-3)77-71(74)65-62-59-56-53-50-47-44-41-38-31-29-26-23-20-17-14-11-8-5-2/h7,9-10,12,16,18-19,21,25-29,32-33,35-36,42,68H,4-6,8,11,13-15,17,20,22-24,30-31,34,37-41,43-67H2,1-3H3/b10-7-,12-9-,19-16-,21-18-,28-25-,29-26-,33-32-,36-35-,42-27-. The van der Waals surface area contributed by atoms with Gasteiger partial charge in [-0.3, -0.25) is 14.4 Å². The Morgan fingerprint density at radius 3 is 0.805 bits per heavy atom. The van der Waals surface area contributed by atoms with Crippen LogP contribution in [-0.4, -0.2) is 37.2 Å². The highest BCUT2D eigenvalue weighted by molar-refractivity contribution is 5.71. The third-order valence-electron chi connectivity index (χ3n) is 13.7. The van der Waals surface area contributed by atoms with Gasteiger partial charge in [-0.1, -0.05) is 271 Å². The summed E-state index contributed by atoms with van der Waals surface area (Å²) >= 11 is 0. The summed E-state index contributed by atoms with van der Waals surface area (Å²) in [6, 6.07) is 0. The highest BCUT2D eigenvalue weighted by Crippen LogP contribution is 2.16. The lowest BCUT2D eigenvalue weighted by atomic mass is 10.1. The molecule has 1 unspecified atom stereocenters. The fourth-order valence-electron chi connectivity index (χ4n) is 8.95. The summed E-state index contributed by atoms with van der Waals surface area (Å²) < 4.78 is 16.9. The topological polar surface area (TPSA) is 78.9 Å². The van der Waals surface area contributed by atoms with Crippen LogP contribution in [0.2, 0.25) is 0 Å². The molecule has 0 aromatic heterocycles. The first kappa shape index (κ1) is 73.1. The fraction of sp³-hybridized carbons (Fsp3) is 0.704. The van der Waals surface area contributed by atoms with Crippen molar-refractivity contribution in [3.63, 3.8) is 0 Å². The summed E-state index contributed by atoms with van der Waals surface area (Å²) in [7, 11) is 0. The van der Waals surface area contributed by atoms with E-state index in [2.05, 4.69) is 130 Å². The number of allylic oxidation sites excluding steroid dienone is 18. The number of hydrogen-bond acceptors (Lipinski definition) is 6. The Bertz CT molecular complexity index is 1560. The molecule has 0 spiro atoms. The smallest absolute Gasteiger partial charge is 0.306 e. The maximum atomic E-state index is 12.9. The van der Waals surface area contributed by atoms with Gasteiger partial charge < -0.3 is 14.2 Å². The molecule has 0 amide bonds. The normalized spacial score (nSPS) is 12.8. The Morgan fingerprint density at radius 1 is 0.273 bits per heavy atom. The van der Waals surface area contributed by atoms with E-state index in [0.29, 0.717) is 19.3 Å². The van der Waals surface area contributed by atoms with E-state index in [1.807, 2.05) is 0 Å². The predicted octanol–water partition coefficient (Wildman–Crippen LogP) is 22.2. The molecule has 0 aromatic carbocycles. The highest BCUT2D eigenvalue weighted by Gasteiger charge is 2.19. The summed E-state index contributed by atoms with van der Waals surface area (Å²) in [5.41, 5.74) is 0. The van der Waals surface area contributed by atoms with Crippen LogP contribution >= 0.6 is 0 Å². The molecule has 0 bridgehead atoms. The number of carbonyl (C=O) groups excluding carboxylic acids is 3. The molecule has 0 aliphatic heterocycles. The average molecular weight is 1070 g/mol. The molecule has 440 valence electrons. The molecule has 0 saturated heterocycles. The lowest BCUT2D eigenvalue weighted by Crippen LogP contribution is -2.30. The predicted molar refractivity (Wildman–Crippen MR) is 334 cm³/mol. The molecule has 0 radical (unpaired) electrons. The number of ether oxygens (including phenoxy) is 3. The van der Waals surface area contributed by atoms with E-state index in [-0.39, 0.29) is 31.1 Å². The van der Waals surface area contributed by atoms with Crippen molar-refractivity contribution in [3.05, 3.63) is 109 Å². The maximum Gasteiger partial charge on any atom is 0.306 e. The third kappa shape index (κ3) is 62.8. The molecule has 0 heterocycles. The first-order valence-electron chi connectivity index (χ1n) is 32.4. The minimum Gasteiger partial charge on any atom is -0.462 e. The van der Waals surface area contributed by atoms with Crippen LogP contribution in [0.5, 0.6) is 0 Å². The molecule has 1 atom stereocenters. The number of rotatable bonds is 58. The highest BCUT2D eigenvalue weighted by atomic mass is 16.6. The minimum atomic E-state index is -0.792. The Kier molecular flexibility index (Phi) is 61.3. The Morgan fingerprint density at radius 2 is 0.506 bits per heavy atom. The minimum absolute atomic E-state index is 0.0878. The van der Waals surface area contributed by atoms with Gasteiger partial charge in [-0.2, -0.15) is 0 Å². The lowest BCUT2D eigenvalue weighted by Gasteiger charge is -2.18. The Balaban J connectivity index is 4.37. The van der Waals surface area contributed by atoms with Crippen molar-refractivity contribution in [1.29, 1.82) is 0 Å². The van der Waals surface area contributed by atoms with Crippen molar-refractivity contribution in [2.24, 2.45) is 0 Å². The second kappa shape index (κ2) is 64.6. The van der Waals surface area contributed by atoms with Gasteiger partial charge in [0, 0.05) is 19.3 Å². The van der Waals surface area contributed by atoms with Crippen LogP contribution in [0.15, 0.2) is 109 Å². The van der Waals surface area contributed by atoms with E-state index in [0.717, 1.165) is 135 Å². The van der Waals surface area contributed by atoms with Gasteiger partial charge in [-0.05, 0) is 122 Å². The van der Waals surface area contributed by atoms with Gasteiger partial charge in [0.1, 0.15) is 13.2 Å². The van der Waals surface area contributed by atoms with Crippen LogP contribution < -0.4 is 0 Å². The number of unbranched alkanes of at least 4 members (excludes halogenated alkanes) is 29. The Hall–Kier alpha value is -3.93. The van der Waals surface area contributed by atoms with E-state index < -0.39 is 6.10 Å². The molecule has 0 N–H and O–H groups in total. The first-order valence-corrected chi connectivity index (χ1v) is 32.4. The second-order valence-corrected chi connectivity index (χ2v) is 21.3. The number of carbonyl (C=O) groups is 3. The zero-order chi connectivity index (χ0) is 55.7. The van der Waals surface area contributed by atoms with Gasteiger partial charge in [-0.15, -0.1) is 0 Å². The third-order valence-corrected chi connectivity index (χ3v) is 13.7. The molecular weight excluding hydrogens is 949 g/mol. The van der Waals surface area contributed by atoms with Crippen LogP contribution in [-0.2, 0) is 28.6 Å². The van der Waals surface area contributed by atoms with E-state index in [1.165, 1.54) is 128 Å². The summed E-state index contributed by atoms with van der Waals surface area (Å²) in [5, 5.41) is 0. The molecule has 6 heteroatoms. The molecule has 0 aromatic rings. The van der Waals surface area contributed by atoms with Gasteiger partial charge in [0.05, 0.1) is 0 Å². The van der Waals surface area contributed by atoms with Crippen LogP contribution in [0.4, 0.5) is 0 Å². The van der Waals surface area contributed by atoms with E-state index in [4.69, 9.17) is 14.2 Å². The van der Waals surface area contributed by atoms with Crippen LogP contribution in [0.1, 0.15) is 303 Å². The van der Waals surface area contributed by atoms with E-state index >= 15 is 0 Å². The van der Waals surface area contributed by atoms with Gasteiger partial charge in [-0.25, -0.2) is 0 Å². The molecule has 6 nitrogen and oxygen atoms in total. The van der Waals surface area contributed by atoms with Gasteiger partial charge in [0.25, 0.3) is 0 Å². The van der Waals surface area contributed by atoms with Gasteiger partial charge in [0.15, 0.2) is 6.10 Å². The number of esters is 3. The number of hydrogen-bond donors (Lipinski definition) is 0. The van der Waals surface area contributed by atoms with Gasteiger partial charge in [0.2, 0.25) is 0 Å². The SMILES string of the molecule is CC/C=C\C/C=C\C/C=C\C/C=C\C/C=C\CCCCCCCCCCCC(=O)OCC(COC(=O)CCCCCCC/C=C\C/C=C\C/C=C\CC)OC(=O)CCCCCCCCCCC/C=C\CCCCCCCC. The van der Waals surface area contributed by atoms with Crippen LogP contribution in [0, 0.1) is 0 Å². The summed E-state index contributed by atoms with van der Waals surface area (Å²) in [4.78, 5) is 38.4. The quantitative estimate of drug-likeness (QED) is 0.0261. The zero-order valence-corrected chi connectivity index (χ0v) is 50.4. The zero-order valence-electron chi connectivity index (χ0n) is 50.4. The molecule has 0 aliphatic rings. The van der Waals surface area contributed by atoms with Crippen molar-refractivity contribution < 1.29 is 28.6 Å². The first-order chi connectivity index (χ1) is 38.0. The Labute approximate surface area is 476 Å². The van der Waals surface area contributed by atoms with E-state index in [9.17, 15) is 14.4 Å². The molecule has 0 aliphatic carbocycles. The fourth-order valence-corrected chi connectivity index (χ4v) is 8.95. The van der Waals surface area contributed by atoms with E-state index in [1.54, 1.807) is 0 Å².